The minimum absolute atomic E-state index is 0.0480. The molecule has 1 aromatic heterocycles. The highest BCUT2D eigenvalue weighted by Crippen LogP contribution is 2.22. The van der Waals surface area contributed by atoms with Crippen molar-refractivity contribution < 1.29 is 0 Å². The molecule has 1 N–H and O–H groups in total. The van der Waals surface area contributed by atoms with E-state index in [-0.39, 0.29) is 11.1 Å². The zero-order valence-electron chi connectivity index (χ0n) is 10.9. The summed E-state index contributed by atoms with van der Waals surface area (Å²) in [6.07, 6.45) is 3.57. The summed E-state index contributed by atoms with van der Waals surface area (Å²) in [7, 11) is 0. The molecule has 0 aliphatic carbocycles. The fraction of sp³-hybridized carbons (Fsp3) is 0.667. The fourth-order valence-corrected chi connectivity index (χ4v) is 1.78. The van der Waals surface area contributed by atoms with E-state index in [9.17, 15) is 4.79 Å². The second-order valence-electron chi connectivity index (χ2n) is 4.76. The van der Waals surface area contributed by atoms with Crippen molar-refractivity contribution in [3.05, 3.63) is 21.0 Å². The number of rotatable bonds is 5. The van der Waals surface area contributed by atoms with Gasteiger partial charge in [0.05, 0.1) is 11.9 Å². The van der Waals surface area contributed by atoms with E-state index in [0.29, 0.717) is 11.0 Å². The fourth-order valence-electron chi connectivity index (χ4n) is 1.38. The highest BCUT2D eigenvalue weighted by Gasteiger charge is 2.17. The van der Waals surface area contributed by atoms with Crippen LogP contribution in [0.1, 0.15) is 40.5 Å². The molecular formula is C12H20BrN3O. The van der Waals surface area contributed by atoms with Gasteiger partial charge in [0, 0.05) is 12.1 Å². The summed E-state index contributed by atoms with van der Waals surface area (Å²) >= 11 is 3.35. The zero-order valence-corrected chi connectivity index (χ0v) is 12.5. The number of hydrogen-bond acceptors (Lipinski definition) is 3. The number of halogens is 1. The van der Waals surface area contributed by atoms with Crippen LogP contribution in [0.2, 0.25) is 0 Å². The van der Waals surface area contributed by atoms with Gasteiger partial charge >= 0.3 is 0 Å². The van der Waals surface area contributed by atoms with Crippen molar-refractivity contribution in [1.82, 2.24) is 9.78 Å². The number of nitrogens with zero attached hydrogens (tertiary/aromatic N) is 2. The average Bonchev–Trinajstić information content (AvgIpc) is 2.29. The van der Waals surface area contributed by atoms with Crippen molar-refractivity contribution in [2.75, 3.05) is 5.32 Å². The smallest absolute Gasteiger partial charge is 0.283 e. The lowest BCUT2D eigenvalue weighted by Crippen LogP contribution is -2.32. The van der Waals surface area contributed by atoms with Crippen LogP contribution in [0.4, 0.5) is 5.69 Å². The van der Waals surface area contributed by atoms with Crippen LogP contribution in [0.5, 0.6) is 0 Å². The van der Waals surface area contributed by atoms with Crippen molar-refractivity contribution in [1.29, 1.82) is 0 Å². The Balaban J connectivity index is 3.05. The summed E-state index contributed by atoms with van der Waals surface area (Å²) in [6, 6.07) is 0. The maximum atomic E-state index is 12.0. The zero-order chi connectivity index (χ0) is 13.1. The predicted molar refractivity (Wildman–Crippen MR) is 74.5 cm³/mol. The second kappa shape index (κ2) is 5.67. The summed E-state index contributed by atoms with van der Waals surface area (Å²) < 4.78 is 2.04. The molecule has 0 unspecified atom stereocenters. The molecule has 0 saturated carbocycles. The lowest BCUT2D eigenvalue weighted by molar-refractivity contribution is 0.539. The first-order chi connectivity index (χ1) is 7.91. The molecule has 1 heterocycles. The van der Waals surface area contributed by atoms with Crippen LogP contribution in [0.3, 0.4) is 0 Å². The van der Waals surface area contributed by atoms with Gasteiger partial charge in [0.15, 0.2) is 0 Å². The minimum atomic E-state index is -0.0799. The van der Waals surface area contributed by atoms with Gasteiger partial charge in [-0.3, -0.25) is 4.79 Å². The van der Waals surface area contributed by atoms with Gasteiger partial charge < -0.3 is 5.32 Å². The summed E-state index contributed by atoms with van der Waals surface area (Å²) in [5, 5.41) is 7.48. The van der Waals surface area contributed by atoms with E-state index in [0.717, 1.165) is 18.5 Å². The molecular weight excluding hydrogens is 282 g/mol. The lowest BCUT2D eigenvalue weighted by atomic mass is 10.0. The second-order valence-corrected chi connectivity index (χ2v) is 5.56. The van der Waals surface area contributed by atoms with Gasteiger partial charge in [0.2, 0.25) is 0 Å². The Labute approximate surface area is 111 Å². The van der Waals surface area contributed by atoms with Gasteiger partial charge in [-0.15, -0.1) is 0 Å². The topological polar surface area (TPSA) is 46.9 Å². The van der Waals surface area contributed by atoms with E-state index < -0.39 is 0 Å². The quantitative estimate of drug-likeness (QED) is 0.909. The molecule has 0 aromatic carbocycles. The van der Waals surface area contributed by atoms with Crippen molar-refractivity contribution in [2.24, 2.45) is 0 Å². The number of nitrogens with one attached hydrogen (secondary N) is 1. The van der Waals surface area contributed by atoms with Crippen LogP contribution in [-0.2, 0) is 6.54 Å². The summed E-state index contributed by atoms with van der Waals surface area (Å²) in [6.45, 7) is 8.96. The number of anilines is 1. The first-order valence-corrected chi connectivity index (χ1v) is 6.74. The Hall–Kier alpha value is -0.840. The first-order valence-electron chi connectivity index (χ1n) is 5.95. The molecule has 0 saturated heterocycles. The van der Waals surface area contributed by atoms with E-state index in [1.807, 2.05) is 6.92 Å². The average molecular weight is 302 g/mol. The number of hydrogen-bond donors (Lipinski definition) is 1. The SMILES string of the molecule is CCCn1ncc(NC(C)(C)CC)c(Br)c1=O. The van der Waals surface area contributed by atoms with Crippen LogP contribution >= 0.6 is 15.9 Å². The van der Waals surface area contributed by atoms with Crippen molar-refractivity contribution >= 4 is 21.6 Å². The van der Waals surface area contributed by atoms with Crippen LogP contribution in [0.15, 0.2) is 15.5 Å². The van der Waals surface area contributed by atoms with E-state index in [1.165, 1.54) is 4.68 Å². The Morgan fingerprint density at radius 2 is 2.12 bits per heavy atom. The standard InChI is InChI=1S/C12H20BrN3O/c1-5-7-16-11(17)10(13)9(8-14-16)15-12(3,4)6-2/h8,15H,5-7H2,1-4H3. The Bertz CT molecular complexity index is 440. The molecule has 0 radical (unpaired) electrons. The highest BCUT2D eigenvalue weighted by molar-refractivity contribution is 9.10. The van der Waals surface area contributed by atoms with Gasteiger partial charge in [-0.1, -0.05) is 13.8 Å². The van der Waals surface area contributed by atoms with E-state index >= 15 is 0 Å². The molecule has 5 heteroatoms. The number of aryl methyl sites for hydroxylation is 1. The van der Waals surface area contributed by atoms with Crippen LogP contribution < -0.4 is 10.9 Å². The molecule has 0 amide bonds. The maximum Gasteiger partial charge on any atom is 0.283 e. The molecule has 0 aliphatic heterocycles. The minimum Gasteiger partial charge on any atom is -0.378 e. The van der Waals surface area contributed by atoms with Crippen LogP contribution in [0, 0.1) is 0 Å². The van der Waals surface area contributed by atoms with Gasteiger partial charge in [-0.25, -0.2) is 4.68 Å². The molecule has 1 aromatic rings. The molecule has 17 heavy (non-hydrogen) atoms. The first kappa shape index (κ1) is 14.2. The monoisotopic (exact) mass is 301 g/mol. The molecule has 0 bridgehead atoms. The van der Waals surface area contributed by atoms with Gasteiger partial charge in [-0.05, 0) is 42.6 Å². The molecule has 0 spiro atoms. The van der Waals surface area contributed by atoms with Gasteiger partial charge in [0.25, 0.3) is 5.56 Å². The van der Waals surface area contributed by atoms with E-state index in [4.69, 9.17) is 0 Å². The summed E-state index contributed by atoms with van der Waals surface area (Å²) in [5.41, 5.74) is 0.631. The van der Waals surface area contributed by atoms with Crippen molar-refractivity contribution in [3.63, 3.8) is 0 Å². The Morgan fingerprint density at radius 3 is 2.65 bits per heavy atom. The largest absolute Gasteiger partial charge is 0.378 e. The predicted octanol–water partition coefficient (Wildman–Crippen LogP) is 3.02. The highest BCUT2D eigenvalue weighted by atomic mass is 79.9. The number of aromatic nitrogens is 2. The van der Waals surface area contributed by atoms with Crippen LogP contribution in [0.25, 0.3) is 0 Å². The summed E-state index contributed by atoms with van der Waals surface area (Å²) in [4.78, 5) is 12.0. The normalized spacial score (nSPS) is 11.6. The van der Waals surface area contributed by atoms with Crippen molar-refractivity contribution in [2.45, 2.75) is 52.6 Å². The van der Waals surface area contributed by atoms with Crippen LogP contribution in [-0.4, -0.2) is 15.3 Å². The molecule has 0 aliphatic rings. The molecule has 4 nitrogen and oxygen atoms in total. The molecule has 96 valence electrons. The third kappa shape index (κ3) is 3.56. The Kier molecular flexibility index (Phi) is 4.74. The van der Waals surface area contributed by atoms with E-state index in [2.05, 4.69) is 47.1 Å². The maximum absolute atomic E-state index is 12.0. The Morgan fingerprint density at radius 1 is 1.47 bits per heavy atom. The van der Waals surface area contributed by atoms with Gasteiger partial charge in [-0.2, -0.15) is 5.10 Å². The van der Waals surface area contributed by atoms with Crippen molar-refractivity contribution in [3.8, 4) is 0 Å². The molecule has 0 fully saturated rings. The van der Waals surface area contributed by atoms with E-state index in [1.54, 1.807) is 6.20 Å². The molecule has 0 atom stereocenters. The lowest BCUT2D eigenvalue weighted by Gasteiger charge is -2.26. The summed E-state index contributed by atoms with van der Waals surface area (Å²) in [5.74, 6) is 0. The van der Waals surface area contributed by atoms with Gasteiger partial charge in [0.1, 0.15) is 4.47 Å². The third-order valence-corrected chi connectivity index (χ3v) is 3.54. The molecule has 1 rings (SSSR count). The third-order valence-electron chi connectivity index (χ3n) is 2.78.